The first-order chi connectivity index (χ1) is 14.1. The number of carboxylic acid groups (broad SMARTS) is 1. The molecule has 2 aromatic rings. The van der Waals surface area contributed by atoms with Gasteiger partial charge in [0.1, 0.15) is 11.6 Å². The van der Waals surface area contributed by atoms with E-state index in [-0.39, 0.29) is 5.57 Å². The predicted molar refractivity (Wildman–Crippen MR) is 115 cm³/mol. The molecule has 0 saturated heterocycles. The number of fused-ring (bicyclic) bond motifs is 3. The minimum absolute atomic E-state index is 0.266. The van der Waals surface area contributed by atoms with E-state index >= 15 is 0 Å². The summed E-state index contributed by atoms with van der Waals surface area (Å²) in [5.41, 5.74) is 5.84. The molecule has 4 nitrogen and oxygen atoms in total. The van der Waals surface area contributed by atoms with E-state index < -0.39 is 5.97 Å². The van der Waals surface area contributed by atoms with Crippen LogP contribution >= 0.6 is 0 Å². The summed E-state index contributed by atoms with van der Waals surface area (Å²) in [5.74, 6) is -0.678. The molecule has 0 aromatic heterocycles. The average Bonchev–Trinajstić information content (AvgIpc) is 3.32. The number of carboxylic acids is 1. The standard InChI is InChI=1S/C25H23N2O2/c1-2-17-9-12-20(13-10-17)27-23-8-4-7-21(23)22-15-18(11-14-24(22)27)5-3-6-19(16-26)25(28)29/h2-3,5-6,9-15,21,23H,4,7-8H2,1H3,(H,28,29). The number of nitrogens with zero attached hydrogens (tertiary/aromatic N) is 2. The van der Waals surface area contributed by atoms with E-state index in [2.05, 4.69) is 53.8 Å². The Labute approximate surface area is 171 Å². The number of rotatable bonds is 5. The van der Waals surface area contributed by atoms with Gasteiger partial charge in [0.05, 0.1) is 0 Å². The second-order valence-corrected chi connectivity index (χ2v) is 7.53. The Bertz CT molecular complexity index is 1030. The van der Waals surface area contributed by atoms with Gasteiger partial charge in [-0.15, -0.1) is 0 Å². The number of nitriles is 1. The molecule has 145 valence electrons. The second-order valence-electron chi connectivity index (χ2n) is 7.53. The first-order valence-corrected chi connectivity index (χ1v) is 9.96. The lowest BCUT2D eigenvalue weighted by Crippen LogP contribution is -2.26. The van der Waals surface area contributed by atoms with Crippen LogP contribution in [0.25, 0.3) is 6.08 Å². The summed E-state index contributed by atoms with van der Waals surface area (Å²) in [7, 11) is 0. The highest BCUT2D eigenvalue weighted by Gasteiger charge is 2.41. The fourth-order valence-electron chi connectivity index (χ4n) is 4.55. The summed E-state index contributed by atoms with van der Waals surface area (Å²) in [6.45, 7) is 2.05. The molecule has 4 heteroatoms. The van der Waals surface area contributed by atoms with E-state index in [9.17, 15) is 4.79 Å². The molecule has 2 atom stereocenters. The van der Waals surface area contributed by atoms with Crippen molar-refractivity contribution < 1.29 is 9.90 Å². The van der Waals surface area contributed by atoms with Crippen LogP contribution < -0.4 is 4.90 Å². The molecule has 1 fully saturated rings. The Kier molecular flexibility index (Phi) is 5.22. The van der Waals surface area contributed by atoms with E-state index in [4.69, 9.17) is 10.4 Å². The summed E-state index contributed by atoms with van der Waals surface area (Å²) in [4.78, 5) is 13.4. The summed E-state index contributed by atoms with van der Waals surface area (Å²) in [5, 5.41) is 17.8. The molecular weight excluding hydrogens is 360 g/mol. The van der Waals surface area contributed by atoms with Crippen molar-refractivity contribution in [2.45, 2.75) is 38.1 Å². The number of anilines is 2. The molecule has 1 saturated carbocycles. The van der Waals surface area contributed by atoms with Crippen molar-refractivity contribution in [2.75, 3.05) is 4.90 Å². The number of carbonyl (C=O) groups is 1. The molecule has 29 heavy (non-hydrogen) atoms. The van der Waals surface area contributed by atoms with Crippen molar-refractivity contribution in [3.63, 3.8) is 0 Å². The maximum absolute atomic E-state index is 10.9. The summed E-state index contributed by atoms with van der Waals surface area (Å²) >= 11 is 0. The van der Waals surface area contributed by atoms with Crippen LogP contribution in [-0.4, -0.2) is 17.1 Å². The third-order valence-corrected chi connectivity index (χ3v) is 5.93. The van der Waals surface area contributed by atoms with Crippen LogP contribution in [0.1, 0.15) is 48.8 Å². The van der Waals surface area contributed by atoms with Gasteiger partial charge in [0.15, 0.2) is 0 Å². The van der Waals surface area contributed by atoms with Crippen LogP contribution in [0.2, 0.25) is 0 Å². The van der Waals surface area contributed by atoms with Crippen molar-refractivity contribution in [3.05, 3.63) is 83.3 Å². The first kappa shape index (κ1) is 19.0. The van der Waals surface area contributed by atoms with E-state index in [1.165, 1.54) is 47.8 Å². The summed E-state index contributed by atoms with van der Waals surface area (Å²) in [6.07, 6.45) is 10.6. The summed E-state index contributed by atoms with van der Waals surface area (Å²) in [6, 6.07) is 17.4. The smallest absolute Gasteiger partial charge is 0.346 e. The molecule has 0 spiro atoms. The van der Waals surface area contributed by atoms with E-state index in [1.54, 1.807) is 12.1 Å². The maximum Gasteiger partial charge on any atom is 0.346 e. The van der Waals surface area contributed by atoms with Crippen molar-refractivity contribution in [1.29, 1.82) is 5.26 Å². The summed E-state index contributed by atoms with van der Waals surface area (Å²) < 4.78 is 0. The Morgan fingerprint density at radius 3 is 2.62 bits per heavy atom. The van der Waals surface area contributed by atoms with Gasteiger partial charge in [-0.1, -0.05) is 43.7 Å². The first-order valence-electron chi connectivity index (χ1n) is 9.96. The average molecular weight is 383 g/mol. The largest absolute Gasteiger partial charge is 0.477 e. The lowest BCUT2D eigenvalue weighted by molar-refractivity contribution is -0.132. The number of hydrogen-bond donors (Lipinski definition) is 1. The Morgan fingerprint density at radius 2 is 1.93 bits per heavy atom. The van der Waals surface area contributed by atoms with Gasteiger partial charge in [-0.05, 0) is 66.3 Å². The molecule has 1 radical (unpaired) electrons. The fraction of sp³-hybridized carbons (Fsp3) is 0.240. The minimum atomic E-state index is -1.21. The molecule has 4 rings (SSSR count). The van der Waals surface area contributed by atoms with Crippen LogP contribution in [0.15, 0.2) is 60.2 Å². The SMILES string of the molecule is C[CH]c1ccc(N2c3ccc(C=CC=C(C#N)C(=O)O)cc3C3CCCC32)cc1. The van der Waals surface area contributed by atoms with Crippen LogP contribution in [0.3, 0.4) is 0 Å². The second kappa shape index (κ2) is 7.97. The zero-order valence-corrected chi connectivity index (χ0v) is 16.4. The highest BCUT2D eigenvalue weighted by molar-refractivity contribution is 5.91. The Balaban J connectivity index is 1.66. The molecule has 1 aliphatic carbocycles. The van der Waals surface area contributed by atoms with Gasteiger partial charge in [-0.2, -0.15) is 5.26 Å². The van der Waals surface area contributed by atoms with Gasteiger partial charge in [0.25, 0.3) is 0 Å². The third-order valence-electron chi connectivity index (χ3n) is 5.93. The van der Waals surface area contributed by atoms with E-state index in [0.29, 0.717) is 12.0 Å². The van der Waals surface area contributed by atoms with Crippen molar-refractivity contribution in [2.24, 2.45) is 0 Å². The Morgan fingerprint density at radius 1 is 1.17 bits per heavy atom. The van der Waals surface area contributed by atoms with Gasteiger partial charge in [0, 0.05) is 23.3 Å². The van der Waals surface area contributed by atoms with Crippen LogP contribution in [-0.2, 0) is 4.79 Å². The van der Waals surface area contributed by atoms with Crippen LogP contribution in [0.4, 0.5) is 11.4 Å². The Hall–Kier alpha value is -3.32. The monoisotopic (exact) mass is 383 g/mol. The molecule has 1 N–H and O–H groups in total. The molecular formula is C25H23N2O2. The highest BCUT2D eigenvalue weighted by atomic mass is 16.4. The molecule has 2 aromatic carbocycles. The van der Waals surface area contributed by atoms with Gasteiger partial charge in [-0.3, -0.25) is 0 Å². The highest BCUT2D eigenvalue weighted by Crippen LogP contribution is 2.52. The molecule has 1 heterocycles. The van der Waals surface area contributed by atoms with E-state index in [0.717, 1.165) is 5.56 Å². The van der Waals surface area contributed by atoms with E-state index in [1.807, 2.05) is 13.0 Å². The minimum Gasteiger partial charge on any atom is -0.477 e. The molecule has 1 aliphatic heterocycles. The topological polar surface area (TPSA) is 64.3 Å². The zero-order valence-electron chi connectivity index (χ0n) is 16.4. The predicted octanol–water partition coefficient (Wildman–Crippen LogP) is 5.59. The number of aliphatic carboxylic acids is 1. The number of hydrogen-bond acceptors (Lipinski definition) is 3. The molecule has 2 unspecified atom stereocenters. The van der Waals surface area contributed by atoms with Gasteiger partial charge < -0.3 is 10.0 Å². The van der Waals surface area contributed by atoms with Gasteiger partial charge in [0.2, 0.25) is 0 Å². The van der Waals surface area contributed by atoms with Crippen LogP contribution in [0.5, 0.6) is 0 Å². The normalized spacial score (nSPS) is 20.6. The fourth-order valence-corrected chi connectivity index (χ4v) is 4.55. The van der Waals surface area contributed by atoms with Crippen molar-refractivity contribution in [1.82, 2.24) is 0 Å². The molecule has 2 aliphatic rings. The third kappa shape index (κ3) is 3.56. The zero-order chi connectivity index (χ0) is 20.4. The number of benzene rings is 2. The van der Waals surface area contributed by atoms with Crippen molar-refractivity contribution >= 4 is 23.4 Å². The lowest BCUT2D eigenvalue weighted by Gasteiger charge is -2.27. The molecule has 0 amide bonds. The quantitative estimate of drug-likeness (QED) is 0.415. The maximum atomic E-state index is 10.9. The van der Waals surface area contributed by atoms with Gasteiger partial charge in [-0.25, -0.2) is 4.79 Å². The molecule has 0 bridgehead atoms. The van der Waals surface area contributed by atoms with Crippen LogP contribution in [0, 0.1) is 17.8 Å². The lowest BCUT2D eigenvalue weighted by atomic mass is 9.96. The number of allylic oxidation sites excluding steroid dienone is 2. The van der Waals surface area contributed by atoms with Gasteiger partial charge >= 0.3 is 5.97 Å². The van der Waals surface area contributed by atoms with Crippen molar-refractivity contribution in [3.8, 4) is 6.07 Å².